The molecule has 2 rings (SSSR count). The Hall–Kier alpha value is -1.31. The number of hydrogen-bond donors (Lipinski definition) is 2. The van der Waals surface area contributed by atoms with Gasteiger partial charge in [-0.3, -0.25) is 4.79 Å². The number of primary amides is 1. The second-order valence-electron chi connectivity index (χ2n) is 3.82. The molecule has 17 heavy (non-hydrogen) atoms. The molecule has 0 unspecified atom stereocenters. The van der Waals surface area contributed by atoms with Gasteiger partial charge >= 0.3 is 0 Å². The predicted octanol–water partition coefficient (Wildman–Crippen LogP) is 1.49. The normalized spacial score (nSPS) is 10.9. The molecule has 2 aromatic rings. The Kier molecular flexibility index (Phi) is 3.51. The minimum absolute atomic E-state index is 0.289. The number of hydrogen-bond acceptors (Lipinski definition) is 3. The zero-order chi connectivity index (χ0) is 12.4. The lowest BCUT2D eigenvalue weighted by Crippen LogP contribution is -2.12. The highest BCUT2D eigenvalue weighted by Crippen LogP contribution is 2.20. The Balaban J connectivity index is 2.27. The maximum atomic E-state index is 10.7. The Morgan fingerprint density at radius 1 is 1.47 bits per heavy atom. The van der Waals surface area contributed by atoms with Crippen LogP contribution >= 0.6 is 22.6 Å². The third-order valence-electron chi connectivity index (χ3n) is 2.54. The maximum absolute atomic E-state index is 10.7. The van der Waals surface area contributed by atoms with Gasteiger partial charge in [-0.05, 0) is 47.2 Å². The van der Waals surface area contributed by atoms with E-state index >= 15 is 0 Å². The number of halogens is 1. The summed E-state index contributed by atoms with van der Waals surface area (Å²) in [6, 6.07) is 5.98. The van der Waals surface area contributed by atoms with E-state index in [2.05, 4.69) is 27.6 Å². The second-order valence-corrected chi connectivity index (χ2v) is 5.07. The molecule has 0 spiro atoms. The fraction of sp³-hybridized carbons (Fsp3) is 0.273. The Labute approximate surface area is 112 Å². The van der Waals surface area contributed by atoms with Crippen molar-refractivity contribution in [2.75, 3.05) is 5.73 Å². The van der Waals surface area contributed by atoms with Crippen molar-refractivity contribution in [1.82, 2.24) is 9.55 Å². The largest absolute Gasteiger partial charge is 0.370 e. The van der Waals surface area contributed by atoms with Crippen LogP contribution in [0.15, 0.2) is 18.2 Å². The molecule has 1 aromatic heterocycles. The van der Waals surface area contributed by atoms with Gasteiger partial charge in [0.25, 0.3) is 0 Å². The number of amides is 1. The highest BCUT2D eigenvalue weighted by molar-refractivity contribution is 14.1. The number of aryl methyl sites for hydroxylation is 1. The highest BCUT2D eigenvalue weighted by Gasteiger charge is 2.08. The summed E-state index contributed by atoms with van der Waals surface area (Å²) in [7, 11) is 0. The topological polar surface area (TPSA) is 86.9 Å². The number of fused-ring (bicyclic) bond motifs is 1. The molecular formula is C11H13IN4O. The second kappa shape index (κ2) is 4.91. The molecule has 90 valence electrons. The Morgan fingerprint density at radius 2 is 2.24 bits per heavy atom. The Morgan fingerprint density at radius 3 is 2.94 bits per heavy atom. The smallest absolute Gasteiger partial charge is 0.217 e. The van der Waals surface area contributed by atoms with Crippen molar-refractivity contribution in [3.63, 3.8) is 0 Å². The predicted molar refractivity (Wildman–Crippen MR) is 75.3 cm³/mol. The first kappa shape index (κ1) is 12.2. The molecule has 0 saturated heterocycles. The summed E-state index contributed by atoms with van der Waals surface area (Å²) in [5.74, 6) is 0.189. The standard InChI is InChI=1S/C11H13IN4O/c12-7-3-4-9-8(6-7)15-11(14)16(9)5-1-2-10(13)17/h3-4,6H,1-2,5H2,(H2,13,17)(H2,14,15). The summed E-state index contributed by atoms with van der Waals surface area (Å²) in [6.45, 7) is 0.659. The third kappa shape index (κ3) is 2.68. The van der Waals surface area contributed by atoms with Crippen LogP contribution in [-0.4, -0.2) is 15.5 Å². The summed E-state index contributed by atoms with van der Waals surface area (Å²) in [6.07, 6.45) is 1.04. The van der Waals surface area contributed by atoms with Crippen LogP contribution in [0.2, 0.25) is 0 Å². The summed E-state index contributed by atoms with van der Waals surface area (Å²) in [4.78, 5) is 15.0. The van der Waals surface area contributed by atoms with Crippen LogP contribution in [-0.2, 0) is 11.3 Å². The minimum Gasteiger partial charge on any atom is -0.370 e. The SMILES string of the molecule is NC(=O)CCCn1c(N)nc2cc(I)ccc21. The van der Waals surface area contributed by atoms with E-state index in [1.165, 1.54) is 0 Å². The van der Waals surface area contributed by atoms with Gasteiger partial charge in [0, 0.05) is 16.5 Å². The molecule has 5 nitrogen and oxygen atoms in total. The first-order valence-electron chi connectivity index (χ1n) is 5.27. The van der Waals surface area contributed by atoms with Crippen molar-refractivity contribution in [3.05, 3.63) is 21.8 Å². The van der Waals surface area contributed by atoms with Crippen LogP contribution in [0, 0.1) is 3.57 Å². The first-order valence-corrected chi connectivity index (χ1v) is 6.35. The zero-order valence-corrected chi connectivity index (χ0v) is 11.3. The van der Waals surface area contributed by atoms with Gasteiger partial charge in [0.2, 0.25) is 11.9 Å². The summed E-state index contributed by atoms with van der Waals surface area (Å²) in [5, 5.41) is 0. The molecule has 1 amide bonds. The van der Waals surface area contributed by atoms with Crippen LogP contribution in [0.1, 0.15) is 12.8 Å². The molecule has 0 saturated carbocycles. The van der Waals surface area contributed by atoms with E-state index < -0.39 is 0 Å². The molecule has 0 aliphatic carbocycles. The molecule has 1 aromatic carbocycles. The number of nitrogens with zero attached hydrogens (tertiary/aromatic N) is 2. The van der Waals surface area contributed by atoms with Gasteiger partial charge < -0.3 is 16.0 Å². The van der Waals surface area contributed by atoms with Crippen LogP contribution < -0.4 is 11.5 Å². The number of carbonyl (C=O) groups is 1. The number of rotatable bonds is 4. The zero-order valence-electron chi connectivity index (χ0n) is 9.19. The van der Waals surface area contributed by atoms with Gasteiger partial charge in [0.05, 0.1) is 11.0 Å². The van der Waals surface area contributed by atoms with E-state index in [1.807, 2.05) is 22.8 Å². The molecule has 0 fully saturated rings. The number of nitrogen functional groups attached to an aromatic ring is 1. The fourth-order valence-corrected chi connectivity index (χ4v) is 2.24. The lowest BCUT2D eigenvalue weighted by molar-refractivity contribution is -0.118. The van der Waals surface area contributed by atoms with Crippen molar-refractivity contribution in [3.8, 4) is 0 Å². The first-order chi connectivity index (χ1) is 8.08. The average molecular weight is 344 g/mol. The Bertz CT molecular complexity index is 564. The third-order valence-corrected chi connectivity index (χ3v) is 3.22. The van der Waals surface area contributed by atoms with Gasteiger partial charge in [-0.2, -0.15) is 0 Å². The van der Waals surface area contributed by atoms with Crippen LogP contribution in [0.5, 0.6) is 0 Å². The molecule has 0 atom stereocenters. The monoisotopic (exact) mass is 344 g/mol. The summed E-state index contributed by atoms with van der Waals surface area (Å²) < 4.78 is 3.03. The van der Waals surface area contributed by atoms with E-state index in [1.54, 1.807) is 0 Å². The number of benzene rings is 1. The van der Waals surface area contributed by atoms with Gasteiger partial charge in [-0.15, -0.1) is 0 Å². The number of aromatic nitrogens is 2. The number of carbonyl (C=O) groups excluding carboxylic acids is 1. The quantitative estimate of drug-likeness (QED) is 0.824. The number of imidazole rings is 1. The minimum atomic E-state index is -0.289. The van der Waals surface area contributed by atoms with Gasteiger partial charge in [0.1, 0.15) is 0 Å². The molecule has 6 heteroatoms. The van der Waals surface area contributed by atoms with E-state index in [0.29, 0.717) is 25.3 Å². The van der Waals surface area contributed by atoms with Gasteiger partial charge in [0.15, 0.2) is 0 Å². The van der Waals surface area contributed by atoms with Crippen molar-refractivity contribution < 1.29 is 4.79 Å². The van der Waals surface area contributed by atoms with E-state index in [4.69, 9.17) is 11.5 Å². The van der Waals surface area contributed by atoms with E-state index in [-0.39, 0.29) is 5.91 Å². The molecule has 1 heterocycles. The van der Waals surface area contributed by atoms with Crippen LogP contribution in [0.4, 0.5) is 5.95 Å². The lowest BCUT2D eigenvalue weighted by atomic mass is 10.3. The van der Waals surface area contributed by atoms with Gasteiger partial charge in [-0.1, -0.05) is 0 Å². The molecule has 0 aliphatic heterocycles. The van der Waals surface area contributed by atoms with E-state index in [0.717, 1.165) is 14.6 Å². The average Bonchev–Trinajstić information content (AvgIpc) is 2.54. The van der Waals surface area contributed by atoms with Crippen LogP contribution in [0.25, 0.3) is 11.0 Å². The summed E-state index contributed by atoms with van der Waals surface area (Å²) >= 11 is 2.23. The maximum Gasteiger partial charge on any atom is 0.217 e. The molecule has 0 radical (unpaired) electrons. The number of nitrogens with two attached hydrogens (primary N) is 2. The highest BCUT2D eigenvalue weighted by atomic mass is 127. The lowest BCUT2D eigenvalue weighted by Gasteiger charge is -2.05. The number of anilines is 1. The molecule has 0 aliphatic rings. The summed E-state index contributed by atoms with van der Waals surface area (Å²) in [5.41, 5.74) is 12.8. The van der Waals surface area contributed by atoms with Crippen molar-refractivity contribution in [1.29, 1.82) is 0 Å². The van der Waals surface area contributed by atoms with E-state index in [9.17, 15) is 4.79 Å². The molecule has 4 N–H and O–H groups in total. The molecule has 0 bridgehead atoms. The van der Waals surface area contributed by atoms with Crippen LogP contribution in [0.3, 0.4) is 0 Å². The van der Waals surface area contributed by atoms with Crippen molar-refractivity contribution in [2.45, 2.75) is 19.4 Å². The van der Waals surface area contributed by atoms with Crippen molar-refractivity contribution in [2.24, 2.45) is 5.73 Å². The van der Waals surface area contributed by atoms with Gasteiger partial charge in [-0.25, -0.2) is 4.98 Å². The van der Waals surface area contributed by atoms with Crippen molar-refractivity contribution >= 4 is 45.5 Å². The fourth-order valence-electron chi connectivity index (χ4n) is 1.77. The molecular weight excluding hydrogens is 331 g/mol.